The van der Waals surface area contributed by atoms with Crippen LogP contribution in [0.3, 0.4) is 0 Å². The van der Waals surface area contributed by atoms with Gasteiger partial charge in [0.05, 0.1) is 12.0 Å². The third kappa shape index (κ3) is 7.42. The van der Waals surface area contributed by atoms with Crippen LogP contribution in [0.1, 0.15) is 13.8 Å². The largest absolute Gasteiger partial charge is 0.325 e. The average molecular weight is 151 g/mol. The number of nitrogens with zero attached hydrogens (tertiary/aromatic N) is 1. The van der Waals surface area contributed by atoms with E-state index in [1.165, 1.54) is 0 Å². The standard InChI is InChI=1S/C4H9NO3S/c1-4(2)5-8-9(3,6)7/h1-3H3. The van der Waals surface area contributed by atoms with Crippen LogP contribution in [0.25, 0.3) is 0 Å². The molecule has 0 unspecified atom stereocenters. The highest BCUT2D eigenvalue weighted by Gasteiger charge is 1.97. The van der Waals surface area contributed by atoms with E-state index >= 15 is 0 Å². The van der Waals surface area contributed by atoms with E-state index in [9.17, 15) is 8.42 Å². The van der Waals surface area contributed by atoms with Gasteiger partial charge in [0.1, 0.15) is 0 Å². The summed E-state index contributed by atoms with van der Waals surface area (Å²) in [6, 6.07) is 0. The minimum Gasteiger partial charge on any atom is -0.269 e. The Hall–Kier alpha value is -0.580. The van der Waals surface area contributed by atoms with Crippen molar-refractivity contribution in [1.29, 1.82) is 0 Å². The molecule has 0 aromatic heterocycles. The van der Waals surface area contributed by atoms with E-state index in [4.69, 9.17) is 0 Å². The zero-order chi connectivity index (χ0) is 7.49. The van der Waals surface area contributed by atoms with Crippen molar-refractivity contribution in [2.24, 2.45) is 5.16 Å². The lowest BCUT2D eigenvalue weighted by Crippen LogP contribution is -1.98. The smallest absolute Gasteiger partial charge is 0.269 e. The van der Waals surface area contributed by atoms with Crippen molar-refractivity contribution >= 4 is 15.8 Å². The van der Waals surface area contributed by atoms with E-state index in [0.29, 0.717) is 5.71 Å². The van der Waals surface area contributed by atoms with Gasteiger partial charge in [-0.1, -0.05) is 5.16 Å². The number of hydrogen-bond acceptors (Lipinski definition) is 4. The van der Waals surface area contributed by atoms with E-state index in [0.717, 1.165) is 6.26 Å². The minimum absolute atomic E-state index is 0.570. The zero-order valence-electron chi connectivity index (χ0n) is 5.58. The minimum atomic E-state index is -3.41. The molecule has 5 heteroatoms. The SMILES string of the molecule is CC(C)=NOS(C)(=O)=O. The van der Waals surface area contributed by atoms with E-state index in [2.05, 4.69) is 9.44 Å². The molecule has 0 radical (unpaired) electrons. The predicted molar refractivity (Wildman–Crippen MR) is 34.7 cm³/mol. The van der Waals surface area contributed by atoms with Crippen LogP contribution in [0.4, 0.5) is 0 Å². The lowest BCUT2D eigenvalue weighted by atomic mass is 10.5. The maximum Gasteiger partial charge on any atom is 0.325 e. The van der Waals surface area contributed by atoms with E-state index in [1.807, 2.05) is 0 Å². The lowest BCUT2D eigenvalue weighted by molar-refractivity contribution is 0.342. The first kappa shape index (κ1) is 8.42. The fourth-order valence-electron chi connectivity index (χ4n) is 0.142. The first-order chi connectivity index (χ1) is 3.92. The fourth-order valence-corrected chi connectivity index (χ4v) is 0.427. The van der Waals surface area contributed by atoms with Crippen molar-refractivity contribution in [3.05, 3.63) is 0 Å². The number of hydrogen-bond donors (Lipinski definition) is 0. The van der Waals surface area contributed by atoms with Crippen molar-refractivity contribution < 1.29 is 12.7 Å². The van der Waals surface area contributed by atoms with Crippen molar-refractivity contribution in [3.8, 4) is 0 Å². The molecule has 0 saturated heterocycles. The van der Waals surface area contributed by atoms with Gasteiger partial charge in [0.2, 0.25) is 0 Å². The second-order valence-electron chi connectivity index (χ2n) is 1.82. The van der Waals surface area contributed by atoms with Crippen molar-refractivity contribution in [2.45, 2.75) is 13.8 Å². The van der Waals surface area contributed by atoms with E-state index in [1.54, 1.807) is 13.8 Å². The molecule has 0 fully saturated rings. The quantitative estimate of drug-likeness (QED) is 0.423. The molecule has 54 valence electrons. The molecule has 0 aromatic rings. The Labute approximate surface area is 54.6 Å². The topological polar surface area (TPSA) is 55.7 Å². The third-order valence-electron chi connectivity index (χ3n) is 0.355. The molecule has 0 amide bonds. The molecule has 0 aliphatic heterocycles. The maximum absolute atomic E-state index is 10.2. The summed E-state index contributed by atoms with van der Waals surface area (Å²) in [5.41, 5.74) is 0.570. The van der Waals surface area contributed by atoms with Gasteiger partial charge in [-0.2, -0.15) is 8.42 Å². The fraction of sp³-hybridized carbons (Fsp3) is 0.750. The molecular weight excluding hydrogens is 142 g/mol. The molecule has 0 aromatic carbocycles. The van der Waals surface area contributed by atoms with Crippen LogP contribution < -0.4 is 0 Å². The van der Waals surface area contributed by atoms with Gasteiger partial charge < -0.3 is 0 Å². The molecule has 0 bridgehead atoms. The summed E-state index contributed by atoms with van der Waals surface area (Å²) in [4.78, 5) is 0. The van der Waals surface area contributed by atoms with Gasteiger partial charge in [-0.05, 0) is 13.8 Å². The Bertz CT molecular complexity index is 200. The van der Waals surface area contributed by atoms with Gasteiger partial charge in [0.15, 0.2) is 0 Å². The van der Waals surface area contributed by atoms with Crippen LogP contribution in [-0.2, 0) is 14.4 Å². The average Bonchev–Trinajstić information content (AvgIpc) is 1.59. The van der Waals surface area contributed by atoms with E-state index in [-0.39, 0.29) is 0 Å². The first-order valence-electron chi connectivity index (χ1n) is 2.31. The van der Waals surface area contributed by atoms with Crippen LogP contribution in [0.5, 0.6) is 0 Å². The second kappa shape index (κ2) is 2.82. The molecule has 4 nitrogen and oxygen atoms in total. The number of rotatable bonds is 2. The Morgan fingerprint density at radius 2 is 1.89 bits per heavy atom. The molecule has 0 aliphatic carbocycles. The summed E-state index contributed by atoms with van der Waals surface area (Å²) in [5, 5.41) is 3.22. The summed E-state index contributed by atoms with van der Waals surface area (Å²) in [6.07, 6.45) is 0.944. The Kier molecular flexibility index (Phi) is 2.64. The van der Waals surface area contributed by atoms with Crippen LogP contribution in [0.2, 0.25) is 0 Å². The summed E-state index contributed by atoms with van der Waals surface area (Å²) in [7, 11) is -3.41. The highest BCUT2D eigenvalue weighted by Crippen LogP contribution is 1.87. The summed E-state index contributed by atoms with van der Waals surface area (Å²) < 4.78 is 24.5. The van der Waals surface area contributed by atoms with Crippen LogP contribution in [0.15, 0.2) is 5.16 Å². The highest BCUT2D eigenvalue weighted by atomic mass is 32.2. The summed E-state index contributed by atoms with van der Waals surface area (Å²) in [6.45, 7) is 3.29. The van der Waals surface area contributed by atoms with Gasteiger partial charge in [-0.3, -0.25) is 4.28 Å². The van der Waals surface area contributed by atoms with Crippen LogP contribution in [0, 0.1) is 0 Å². The van der Waals surface area contributed by atoms with Gasteiger partial charge in [0, 0.05) is 0 Å². The van der Waals surface area contributed by atoms with Gasteiger partial charge in [0.25, 0.3) is 0 Å². The Morgan fingerprint density at radius 1 is 1.44 bits per heavy atom. The molecule has 0 spiro atoms. The van der Waals surface area contributed by atoms with Crippen LogP contribution >= 0.6 is 0 Å². The van der Waals surface area contributed by atoms with Crippen molar-refractivity contribution in [3.63, 3.8) is 0 Å². The molecule has 0 heterocycles. The third-order valence-corrected chi connectivity index (χ3v) is 0.701. The van der Waals surface area contributed by atoms with Gasteiger partial charge in [-0.25, -0.2) is 0 Å². The Morgan fingerprint density at radius 3 is 2.00 bits per heavy atom. The lowest BCUT2D eigenvalue weighted by Gasteiger charge is -1.91. The summed E-state index contributed by atoms with van der Waals surface area (Å²) in [5.74, 6) is 0. The molecular formula is C4H9NO3S. The second-order valence-corrected chi connectivity index (χ2v) is 3.37. The zero-order valence-corrected chi connectivity index (χ0v) is 6.40. The maximum atomic E-state index is 10.2. The van der Waals surface area contributed by atoms with E-state index < -0.39 is 10.1 Å². The summed E-state index contributed by atoms with van der Waals surface area (Å²) >= 11 is 0. The van der Waals surface area contributed by atoms with Gasteiger partial charge in [-0.15, -0.1) is 0 Å². The molecule has 0 N–H and O–H groups in total. The van der Waals surface area contributed by atoms with Crippen molar-refractivity contribution in [2.75, 3.05) is 6.26 Å². The molecule has 0 saturated carbocycles. The Balaban J connectivity index is 3.95. The van der Waals surface area contributed by atoms with Crippen LogP contribution in [-0.4, -0.2) is 20.4 Å². The monoisotopic (exact) mass is 151 g/mol. The predicted octanol–water partition coefficient (Wildman–Crippen LogP) is 0.358. The first-order valence-corrected chi connectivity index (χ1v) is 4.13. The molecule has 0 atom stereocenters. The molecule has 0 rings (SSSR count). The van der Waals surface area contributed by atoms with Crippen molar-refractivity contribution in [1.82, 2.24) is 0 Å². The highest BCUT2D eigenvalue weighted by molar-refractivity contribution is 7.85. The number of oxime groups is 1. The molecule has 0 aliphatic rings. The molecule has 9 heavy (non-hydrogen) atoms. The normalized spacial score (nSPS) is 10.6. The van der Waals surface area contributed by atoms with Gasteiger partial charge >= 0.3 is 10.1 Å².